The van der Waals surface area contributed by atoms with Gasteiger partial charge in [-0.3, -0.25) is 4.79 Å². The van der Waals surface area contributed by atoms with Crippen LogP contribution in [0.1, 0.15) is 29.3 Å². The van der Waals surface area contributed by atoms with Gasteiger partial charge in [-0.25, -0.2) is 5.43 Å². The zero-order chi connectivity index (χ0) is 17.8. The number of carbonyl (C=O) groups excluding carboxylic acids is 1. The van der Waals surface area contributed by atoms with Gasteiger partial charge in [0.25, 0.3) is 5.91 Å². The first-order chi connectivity index (χ1) is 12.1. The van der Waals surface area contributed by atoms with E-state index in [9.17, 15) is 4.79 Å². The van der Waals surface area contributed by atoms with Crippen molar-refractivity contribution in [2.24, 2.45) is 5.10 Å². The molecule has 5 heteroatoms. The van der Waals surface area contributed by atoms with Gasteiger partial charge in [-0.05, 0) is 35.4 Å². The van der Waals surface area contributed by atoms with Crippen LogP contribution in [-0.4, -0.2) is 11.6 Å². The summed E-state index contributed by atoms with van der Waals surface area (Å²) in [6.45, 7) is 1.95. The summed E-state index contributed by atoms with van der Waals surface area (Å²) in [5.41, 5.74) is 4.67. The highest BCUT2D eigenvalue weighted by molar-refractivity contribution is 6.37. The van der Waals surface area contributed by atoms with Gasteiger partial charge in [0.15, 0.2) is 0 Å². The zero-order valence-corrected chi connectivity index (χ0v) is 15.1. The van der Waals surface area contributed by atoms with Crippen LogP contribution in [0.4, 0.5) is 0 Å². The number of hydrazone groups is 1. The summed E-state index contributed by atoms with van der Waals surface area (Å²) in [5.74, 6) is -0.257. The average Bonchev–Trinajstić information content (AvgIpc) is 2.63. The molecule has 0 saturated heterocycles. The van der Waals surface area contributed by atoms with Crippen LogP contribution in [0.3, 0.4) is 0 Å². The minimum Gasteiger partial charge on any atom is -0.267 e. The second kappa shape index (κ2) is 7.68. The van der Waals surface area contributed by atoms with Gasteiger partial charge in [-0.15, -0.1) is 0 Å². The summed E-state index contributed by atoms with van der Waals surface area (Å²) < 4.78 is 0. The lowest BCUT2D eigenvalue weighted by Crippen LogP contribution is -2.20. The Morgan fingerprint density at radius 3 is 2.52 bits per heavy atom. The van der Waals surface area contributed by atoms with Crippen molar-refractivity contribution in [3.63, 3.8) is 0 Å². The molecule has 0 aliphatic rings. The molecule has 0 heterocycles. The van der Waals surface area contributed by atoms with E-state index in [0.29, 0.717) is 27.7 Å². The minimum atomic E-state index is -0.257. The second-order valence-corrected chi connectivity index (χ2v) is 6.35. The molecular formula is C20H16Cl2N2O. The highest BCUT2D eigenvalue weighted by atomic mass is 35.5. The third kappa shape index (κ3) is 3.84. The molecule has 0 radical (unpaired) electrons. The summed E-state index contributed by atoms with van der Waals surface area (Å²) in [6, 6.07) is 18.6. The Balaban J connectivity index is 1.89. The molecule has 0 spiro atoms. The number of carbonyl (C=O) groups is 1. The zero-order valence-electron chi connectivity index (χ0n) is 13.6. The number of rotatable bonds is 4. The van der Waals surface area contributed by atoms with E-state index in [2.05, 4.69) is 10.5 Å². The number of nitrogens with one attached hydrogen (secondary N) is 1. The van der Waals surface area contributed by atoms with E-state index in [0.717, 1.165) is 16.3 Å². The van der Waals surface area contributed by atoms with Crippen molar-refractivity contribution in [1.82, 2.24) is 5.43 Å². The van der Waals surface area contributed by atoms with Crippen LogP contribution in [0.25, 0.3) is 10.8 Å². The molecule has 3 aromatic rings. The number of fused-ring (bicyclic) bond motifs is 1. The minimum absolute atomic E-state index is 0.257. The molecule has 3 rings (SSSR count). The average molecular weight is 371 g/mol. The first-order valence-electron chi connectivity index (χ1n) is 7.90. The Hall–Kier alpha value is -2.36. The maximum absolute atomic E-state index is 12.6. The van der Waals surface area contributed by atoms with Gasteiger partial charge < -0.3 is 0 Å². The van der Waals surface area contributed by atoms with Crippen molar-refractivity contribution in [2.75, 3.05) is 0 Å². The van der Waals surface area contributed by atoms with Gasteiger partial charge in [0.2, 0.25) is 0 Å². The summed E-state index contributed by atoms with van der Waals surface area (Å²) in [6.07, 6.45) is 0.622. The van der Waals surface area contributed by atoms with Gasteiger partial charge in [0, 0.05) is 16.1 Å². The molecule has 0 aliphatic heterocycles. The van der Waals surface area contributed by atoms with Crippen molar-refractivity contribution in [1.29, 1.82) is 0 Å². The Labute approximate surface area is 156 Å². The van der Waals surface area contributed by atoms with Crippen molar-refractivity contribution in [2.45, 2.75) is 13.3 Å². The molecule has 1 N–H and O–H groups in total. The van der Waals surface area contributed by atoms with Crippen LogP contribution in [0.15, 0.2) is 65.8 Å². The Morgan fingerprint density at radius 1 is 1.00 bits per heavy atom. The van der Waals surface area contributed by atoms with Crippen LogP contribution in [-0.2, 0) is 0 Å². The lowest BCUT2D eigenvalue weighted by atomic mass is 10.0. The largest absolute Gasteiger partial charge is 0.272 e. The summed E-state index contributed by atoms with van der Waals surface area (Å²) in [5, 5.41) is 7.24. The summed E-state index contributed by atoms with van der Waals surface area (Å²) in [7, 11) is 0. The van der Waals surface area contributed by atoms with Crippen LogP contribution < -0.4 is 5.43 Å². The molecule has 1 amide bonds. The predicted molar refractivity (Wildman–Crippen MR) is 105 cm³/mol. The van der Waals surface area contributed by atoms with E-state index >= 15 is 0 Å². The molecule has 126 valence electrons. The number of hydrogen-bond donors (Lipinski definition) is 1. The molecule has 0 aliphatic carbocycles. The lowest BCUT2D eigenvalue weighted by Gasteiger charge is -2.09. The van der Waals surface area contributed by atoms with Crippen LogP contribution >= 0.6 is 23.2 Å². The van der Waals surface area contributed by atoms with Gasteiger partial charge in [0.05, 0.1) is 10.7 Å². The monoisotopic (exact) mass is 370 g/mol. The fourth-order valence-electron chi connectivity index (χ4n) is 2.66. The summed E-state index contributed by atoms with van der Waals surface area (Å²) in [4.78, 5) is 12.6. The number of halogens is 2. The molecular weight excluding hydrogens is 355 g/mol. The molecule has 25 heavy (non-hydrogen) atoms. The molecule has 0 atom stereocenters. The fraction of sp³-hybridized carbons (Fsp3) is 0.100. The number of amides is 1. The SMILES string of the molecule is CCC(=NNC(=O)c1cccc2ccccc12)c1ccc(Cl)cc1Cl. The standard InChI is InChI=1S/C20H16Cl2N2O/c1-2-19(17-11-10-14(21)12-18(17)22)23-24-20(25)16-9-5-7-13-6-3-4-8-15(13)16/h3-12H,2H2,1H3,(H,24,25). The Morgan fingerprint density at radius 2 is 1.76 bits per heavy atom. The summed E-state index contributed by atoms with van der Waals surface area (Å²) >= 11 is 12.2. The topological polar surface area (TPSA) is 41.5 Å². The third-order valence-corrected chi connectivity index (χ3v) is 4.45. The van der Waals surface area contributed by atoms with Gasteiger partial charge in [0.1, 0.15) is 0 Å². The number of nitrogens with zero attached hydrogens (tertiary/aromatic N) is 1. The van der Waals surface area contributed by atoms with Gasteiger partial charge >= 0.3 is 0 Å². The maximum atomic E-state index is 12.6. The Kier molecular flexibility index (Phi) is 5.37. The fourth-order valence-corrected chi connectivity index (χ4v) is 3.17. The van der Waals surface area contributed by atoms with Gasteiger partial charge in [-0.1, -0.05) is 72.6 Å². The smallest absolute Gasteiger partial charge is 0.267 e. The van der Waals surface area contributed by atoms with Crippen LogP contribution in [0.5, 0.6) is 0 Å². The van der Waals surface area contributed by atoms with Crippen LogP contribution in [0.2, 0.25) is 10.0 Å². The molecule has 0 bridgehead atoms. The molecule has 0 aromatic heterocycles. The van der Waals surface area contributed by atoms with Gasteiger partial charge in [-0.2, -0.15) is 5.10 Å². The van der Waals surface area contributed by atoms with Crippen molar-refractivity contribution < 1.29 is 4.79 Å². The van der Waals surface area contributed by atoms with E-state index in [4.69, 9.17) is 23.2 Å². The van der Waals surface area contributed by atoms with Crippen molar-refractivity contribution in [3.05, 3.63) is 81.8 Å². The quantitative estimate of drug-likeness (QED) is 0.465. The normalized spacial score (nSPS) is 11.6. The molecule has 0 saturated carbocycles. The van der Waals surface area contributed by atoms with E-state index in [1.165, 1.54) is 0 Å². The Bertz CT molecular complexity index is 962. The molecule has 3 aromatic carbocycles. The molecule has 0 fully saturated rings. The molecule has 0 unspecified atom stereocenters. The second-order valence-electron chi connectivity index (χ2n) is 5.50. The molecule has 3 nitrogen and oxygen atoms in total. The van der Waals surface area contributed by atoms with Crippen LogP contribution in [0, 0.1) is 0 Å². The first kappa shape index (κ1) is 17.5. The maximum Gasteiger partial charge on any atom is 0.272 e. The van der Waals surface area contributed by atoms with E-state index < -0.39 is 0 Å². The highest BCUT2D eigenvalue weighted by Crippen LogP contribution is 2.23. The highest BCUT2D eigenvalue weighted by Gasteiger charge is 2.11. The van der Waals surface area contributed by atoms with E-state index in [1.807, 2.05) is 43.3 Å². The lowest BCUT2D eigenvalue weighted by molar-refractivity contribution is 0.0956. The van der Waals surface area contributed by atoms with E-state index in [1.54, 1.807) is 24.3 Å². The van der Waals surface area contributed by atoms with E-state index in [-0.39, 0.29) is 5.91 Å². The number of hydrogen-bond acceptors (Lipinski definition) is 2. The first-order valence-corrected chi connectivity index (χ1v) is 8.66. The number of benzene rings is 3. The third-order valence-electron chi connectivity index (χ3n) is 3.90. The van der Waals surface area contributed by atoms with Crippen molar-refractivity contribution >= 4 is 45.6 Å². The van der Waals surface area contributed by atoms with Crippen molar-refractivity contribution in [3.8, 4) is 0 Å². The predicted octanol–water partition coefficient (Wildman–Crippen LogP) is 5.69.